The monoisotopic (exact) mass is 206 g/mol. The van der Waals surface area contributed by atoms with Crippen LogP contribution in [0.4, 0.5) is 19.0 Å². The average molecular weight is 206 g/mol. The third-order valence-electron chi connectivity index (χ3n) is 1.35. The highest BCUT2D eigenvalue weighted by molar-refractivity contribution is 5.44. The SMILES string of the molecule is CC.CNc1ncccc1C(F)(F)F. The summed E-state index contributed by atoms with van der Waals surface area (Å²) < 4.78 is 36.5. The largest absolute Gasteiger partial charge is 0.419 e. The minimum absolute atomic E-state index is 0.148. The fourth-order valence-electron chi connectivity index (χ4n) is 0.833. The number of rotatable bonds is 1. The van der Waals surface area contributed by atoms with Crippen LogP contribution in [0, 0.1) is 0 Å². The first-order valence-electron chi connectivity index (χ1n) is 4.25. The van der Waals surface area contributed by atoms with Crippen molar-refractivity contribution in [2.24, 2.45) is 0 Å². The Labute approximate surface area is 81.2 Å². The highest BCUT2D eigenvalue weighted by atomic mass is 19.4. The zero-order valence-corrected chi connectivity index (χ0v) is 8.31. The second kappa shape index (κ2) is 5.47. The lowest BCUT2D eigenvalue weighted by Gasteiger charge is -2.09. The Morgan fingerprint density at radius 1 is 1.29 bits per heavy atom. The van der Waals surface area contributed by atoms with E-state index in [2.05, 4.69) is 10.3 Å². The summed E-state index contributed by atoms with van der Waals surface area (Å²) in [6.45, 7) is 4.00. The third kappa shape index (κ3) is 3.24. The van der Waals surface area contributed by atoms with Gasteiger partial charge >= 0.3 is 6.18 Å². The molecule has 0 fully saturated rings. The summed E-state index contributed by atoms with van der Waals surface area (Å²) in [5, 5.41) is 2.37. The van der Waals surface area contributed by atoms with Gasteiger partial charge in [0.2, 0.25) is 0 Å². The molecule has 2 nitrogen and oxygen atoms in total. The van der Waals surface area contributed by atoms with E-state index in [1.54, 1.807) is 0 Å². The van der Waals surface area contributed by atoms with Crippen molar-refractivity contribution in [3.8, 4) is 0 Å². The van der Waals surface area contributed by atoms with Crippen LogP contribution in [-0.2, 0) is 6.18 Å². The smallest absolute Gasteiger partial charge is 0.373 e. The maximum atomic E-state index is 12.2. The molecular formula is C9H13F3N2. The predicted molar refractivity (Wildman–Crippen MR) is 50.1 cm³/mol. The Balaban J connectivity index is 0.000000791. The van der Waals surface area contributed by atoms with Gasteiger partial charge in [0.1, 0.15) is 5.82 Å². The van der Waals surface area contributed by atoms with Crippen molar-refractivity contribution >= 4 is 5.82 Å². The van der Waals surface area contributed by atoms with Gasteiger partial charge in [-0.1, -0.05) is 13.8 Å². The molecule has 1 rings (SSSR count). The Hall–Kier alpha value is -1.26. The van der Waals surface area contributed by atoms with Crippen LogP contribution in [0.3, 0.4) is 0 Å². The molecule has 1 aromatic rings. The van der Waals surface area contributed by atoms with E-state index >= 15 is 0 Å². The highest BCUT2D eigenvalue weighted by Gasteiger charge is 2.33. The second-order valence-electron chi connectivity index (χ2n) is 2.15. The first-order valence-corrected chi connectivity index (χ1v) is 4.25. The molecule has 0 unspecified atom stereocenters. The number of nitrogens with zero attached hydrogens (tertiary/aromatic N) is 1. The van der Waals surface area contributed by atoms with Crippen LogP contribution < -0.4 is 5.32 Å². The fraction of sp³-hybridized carbons (Fsp3) is 0.444. The molecule has 1 aromatic heterocycles. The van der Waals surface area contributed by atoms with Gasteiger partial charge in [-0.3, -0.25) is 0 Å². The molecule has 80 valence electrons. The molecule has 14 heavy (non-hydrogen) atoms. The van der Waals surface area contributed by atoms with Crippen molar-refractivity contribution in [1.29, 1.82) is 0 Å². The molecule has 0 saturated heterocycles. The maximum absolute atomic E-state index is 12.2. The summed E-state index contributed by atoms with van der Waals surface area (Å²) in [5.41, 5.74) is -0.743. The van der Waals surface area contributed by atoms with Gasteiger partial charge in [0.05, 0.1) is 5.56 Å². The van der Waals surface area contributed by atoms with Gasteiger partial charge in [-0.05, 0) is 12.1 Å². The summed E-state index contributed by atoms with van der Waals surface area (Å²) in [6.07, 6.45) is -3.03. The molecule has 0 amide bonds. The van der Waals surface area contributed by atoms with E-state index in [0.29, 0.717) is 0 Å². The standard InChI is InChI=1S/C7H7F3N2.C2H6/c1-11-6-5(7(8,9)10)3-2-4-12-6;1-2/h2-4H,1H3,(H,11,12);1-2H3. The Morgan fingerprint density at radius 3 is 2.21 bits per heavy atom. The molecule has 0 spiro atoms. The van der Waals surface area contributed by atoms with Gasteiger partial charge in [0.25, 0.3) is 0 Å². The fourth-order valence-corrected chi connectivity index (χ4v) is 0.833. The van der Waals surface area contributed by atoms with Gasteiger partial charge < -0.3 is 5.32 Å². The lowest BCUT2D eigenvalue weighted by molar-refractivity contribution is -0.137. The molecule has 5 heteroatoms. The van der Waals surface area contributed by atoms with Crippen LogP contribution >= 0.6 is 0 Å². The Morgan fingerprint density at radius 2 is 1.86 bits per heavy atom. The van der Waals surface area contributed by atoms with Gasteiger partial charge in [-0.2, -0.15) is 13.2 Å². The maximum Gasteiger partial charge on any atom is 0.419 e. The van der Waals surface area contributed by atoms with Crippen molar-refractivity contribution in [2.45, 2.75) is 20.0 Å². The topological polar surface area (TPSA) is 24.9 Å². The third-order valence-corrected chi connectivity index (χ3v) is 1.35. The molecule has 0 aliphatic heterocycles. The molecular weight excluding hydrogens is 193 g/mol. The van der Waals surface area contributed by atoms with E-state index in [1.807, 2.05) is 13.8 Å². The molecule has 1 N–H and O–H groups in total. The normalized spacial score (nSPS) is 10.1. The zero-order valence-electron chi connectivity index (χ0n) is 8.31. The van der Waals surface area contributed by atoms with E-state index < -0.39 is 11.7 Å². The van der Waals surface area contributed by atoms with Crippen LogP contribution in [0.25, 0.3) is 0 Å². The number of nitrogens with one attached hydrogen (secondary N) is 1. The van der Waals surface area contributed by atoms with Gasteiger partial charge in [0.15, 0.2) is 0 Å². The van der Waals surface area contributed by atoms with E-state index in [1.165, 1.54) is 19.3 Å². The summed E-state index contributed by atoms with van der Waals surface area (Å²) >= 11 is 0. The van der Waals surface area contributed by atoms with Crippen molar-refractivity contribution < 1.29 is 13.2 Å². The molecule has 1 heterocycles. The van der Waals surface area contributed by atoms with Crippen LogP contribution in [0.5, 0.6) is 0 Å². The van der Waals surface area contributed by atoms with E-state index in [4.69, 9.17) is 0 Å². The molecule has 0 aliphatic carbocycles. The minimum Gasteiger partial charge on any atom is -0.373 e. The number of hydrogen-bond acceptors (Lipinski definition) is 2. The summed E-state index contributed by atoms with van der Waals surface area (Å²) in [6, 6.07) is 2.24. The first kappa shape index (κ1) is 12.7. The summed E-state index contributed by atoms with van der Waals surface area (Å²) in [5.74, 6) is -0.148. The van der Waals surface area contributed by atoms with Crippen molar-refractivity contribution in [3.05, 3.63) is 23.9 Å². The number of alkyl halides is 3. The van der Waals surface area contributed by atoms with Crippen LogP contribution in [0.1, 0.15) is 19.4 Å². The average Bonchev–Trinajstić information content (AvgIpc) is 2.19. The van der Waals surface area contributed by atoms with Gasteiger partial charge in [-0.25, -0.2) is 4.98 Å². The molecule has 0 aromatic carbocycles. The minimum atomic E-state index is -4.34. The van der Waals surface area contributed by atoms with Crippen LogP contribution in [-0.4, -0.2) is 12.0 Å². The van der Waals surface area contributed by atoms with Crippen LogP contribution in [0.2, 0.25) is 0 Å². The molecule has 0 saturated carbocycles. The number of aromatic nitrogens is 1. The van der Waals surface area contributed by atoms with Gasteiger partial charge in [0, 0.05) is 13.2 Å². The van der Waals surface area contributed by atoms with Crippen molar-refractivity contribution in [1.82, 2.24) is 4.98 Å². The Bertz CT molecular complexity index is 271. The van der Waals surface area contributed by atoms with Gasteiger partial charge in [-0.15, -0.1) is 0 Å². The second-order valence-corrected chi connectivity index (χ2v) is 2.15. The number of anilines is 1. The molecule has 0 atom stereocenters. The lowest BCUT2D eigenvalue weighted by atomic mass is 10.2. The lowest BCUT2D eigenvalue weighted by Crippen LogP contribution is -2.09. The number of halogens is 3. The van der Waals surface area contributed by atoms with Crippen molar-refractivity contribution in [3.63, 3.8) is 0 Å². The van der Waals surface area contributed by atoms with E-state index in [0.717, 1.165) is 6.07 Å². The summed E-state index contributed by atoms with van der Waals surface area (Å²) in [4.78, 5) is 3.53. The highest BCUT2D eigenvalue weighted by Crippen LogP contribution is 2.32. The number of pyridine rings is 1. The Kier molecular flexibility index (Phi) is 4.97. The van der Waals surface area contributed by atoms with E-state index in [9.17, 15) is 13.2 Å². The zero-order chi connectivity index (χ0) is 11.2. The first-order chi connectivity index (χ1) is 6.55. The van der Waals surface area contributed by atoms with Crippen molar-refractivity contribution in [2.75, 3.05) is 12.4 Å². The predicted octanol–water partition coefficient (Wildman–Crippen LogP) is 3.17. The molecule has 0 aliphatic rings. The molecule has 0 bridgehead atoms. The number of hydrogen-bond donors (Lipinski definition) is 1. The molecule has 0 radical (unpaired) electrons. The van der Waals surface area contributed by atoms with Crippen LogP contribution in [0.15, 0.2) is 18.3 Å². The quantitative estimate of drug-likeness (QED) is 0.763. The van der Waals surface area contributed by atoms with E-state index in [-0.39, 0.29) is 5.82 Å². The summed E-state index contributed by atoms with van der Waals surface area (Å²) in [7, 11) is 1.40.